The first-order valence-corrected chi connectivity index (χ1v) is 17.0. The van der Waals surface area contributed by atoms with Crippen LogP contribution in [-0.4, -0.2) is 64.2 Å². The number of nitrogens with zero attached hydrogens (tertiary/aromatic N) is 4. The quantitative estimate of drug-likeness (QED) is 0.205. The fourth-order valence-corrected chi connectivity index (χ4v) is 6.64. The number of benzene rings is 2. The van der Waals surface area contributed by atoms with Gasteiger partial charge in [-0.1, -0.05) is 18.2 Å². The molecule has 2 atom stereocenters. The van der Waals surface area contributed by atoms with Gasteiger partial charge in [0.1, 0.15) is 17.4 Å². The van der Waals surface area contributed by atoms with E-state index in [-0.39, 0.29) is 24.1 Å². The molecule has 256 valence electrons. The second-order valence-electron chi connectivity index (χ2n) is 14.2. The van der Waals surface area contributed by atoms with Gasteiger partial charge in [0.25, 0.3) is 0 Å². The molecule has 5 heterocycles. The number of ether oxygens (including phenoxy) is 4. The van der Waals surface area contributed by atoms with Crippen molar-refractivity contribution in [3.8, 4) is 28.1 Å². The maximum atomic E-state index is 14.5. The summed E-state index contributed by atoms with van der Waals surface area (Å²) in [5, 5.41) is 5.13. The van der Waals surface area contributed by atoms with Crippen molar-refractivity contribution in [1.29, 1.82) is 0 Å². The number of piperidine rings is 1. The number of anilines is 1. The summed E-state index contributed by atoms with van der Waals surface area (Å²) in [6, 6.07) is 14.6. The number of hydrogen-bond acceptors (Lipinski definition) is 8. The van der Waals surface area contributed by atoms with Crippen LogP contribution in [0.15, 0.2) is 48.5 Å². The molecule has 1 fully saturated rings. The third kappa shape index (κ3) is 7.20. The second-order valence-corrected chi connectivity index (χ2v) is 14.2. The van der Waals surface area contributed by atoms with Crippen LogP contribution in [0.1, 0.15) is 84.6 Å². The first kappa shape index (κ1) is 33.9. The first-order chi connectivity index (χ1) is 22.8. The molecule has 48 heavy (non-hydrogen) atoms. The van der Waals surface area contributed by atoms with Gasteiger partial charge in [0, 0.05) is 48.6 Å². The Morgan fingerprint density at radius 1 is 1.12 bits per heavy atom. The molecule has 3 aliphatic rings. The zero-order valence-corrected chi connectivity index (χ0v) is 29.1. The standard InChI is InChI=1S/C38H47FN4O5/c1-8-45-36(44)34(48-37(4,5)6)33-25(3)40-32-23-30-27-13-9-12-26(21-27)29-15-14-28(39)22-31(29)47-24(2)11-10-20-46-38(7)16-18-42(19-17-38)35(33)43(32)41-30/h9,12-15,21-24,34H,8,10-11,16-20H2,1-7H3. The molecule has 10 heteroatoms. The highest BCUT2D eigenvalue weighted by Gasteiger charge is 2.38. The lowest BCUT2D eigenvalue weighted by Crippen LogP contribution is -2.46. The minimum Gasteiger partial charge on any atom is -0.490 e. The zero-order valence-electron chi connectivity index (χ0n) is 29.1. The molecule has 6 bridgehead atoms. The predicted molar refractivity (Wildman–Crippen MR) is 184 cm³/mol. The van der Waals surface area contributed by atoms with E-state index in [4.69, 9.17) is 29.0 Å². The Hall–Kier alpha value is -4.02. The lowest BCUT2D eigenvalue weighted by atomic mass is 9.92. The molecular weight excluding hydrogens is 611 g/mol. The van der Waals surface area contributed by atoms with Gasteiger partial charge in [-0.3, -0.25) is 0 Å². The SMILES string of the molecule is CCOC(=O)C(OC(C)(C)C)c1c(C)nc2cc3nn2c1N1CCC(C)(CC1)OCCCC(C)Oc1cc(F)ccc1-c1cccc-3c1. The fourth-order valence-electron chi connectivity index (χ4n) is 6.64. The summed E-state index contributed by atoms with van der Waals surface area (Å²) >= 11 is 0. The first-order valence-electron chi connectivity index (χ1n) is 17.0. The number of carbonyl (C=O) groups is 1. The normalized spacial score (nSPS) is 20.8. The molecule has 0 radical (unpaired) electrons. The molecule has 7 rings (SSSR count). The number of rotatable bonds is 4. The number of fused-ring (bicyclic) bond motifs is 7. The van der Waals surface area contributed by atoms with Crippen molar-refractivity contribution in [2.45, 2.75) is 97.6 Å². The maximum absolute atomic E-state index is 14.5. The number of carbonyl (C=O) groups excluding carboxylic acids is 1. The van der Waals surface area contributed by atoms with Crippen molar-refractivity contribution in [3.63, 3.8) is 0 Å². The van der Waals surface area contributed by atoms with Gasteiger partial charge in [0.15, 0.2) is 11.8 Å². The minimum absolute atomic E-state index is 0.125. The molecule has 0 amide bonds. The van der Waals surface area contributed by atoms with Crippen molar-refractivity contribution in [3.05, 3.63) is 65.6 Å². The van der Waals surface area contributed by atoms with Crippen molar-refractivity contribution in [2.24, 2.45) is 0 Å². The molecule has 0 spiro atoms. The molecule has 1 saturated heterocycles. The van der Waals surface area contributed by atoms with E-state index in [2.05, 4.69) is 11.8 Å². The van der Waals surface area contributed by atoms with E-state index < -0.39 is 17.7 Å². The largest absolute Gasteiger partial charge is 0.490 e. The summed E-state index contributed by atoms with van der Waals surface area (Å²) in [5.41, 5.74) is 4.31. The Balaban J connectivity index is 1.55. The average molecular weight is 659 g/mol. The number of aromatic nitrogens is 3. The van der Waals surface area contributed by atoms with Crippen LogP contribution in [0.4, 0.5) is 10.2 Å². The van der Waals surface area contributed by atoms with E-state index >= 15 is 0 Å². The monoisotopic (exact) mass is 658 g/mol. The van der Waals surface area contributed by atoms with Gasteiger partial charge in [-0.25, -0.2) is 14.2 Å². The molecule has 0 N–H and O–H groups in total. The Morgan fingerprint density at radius 3 is 2.60 bits per heavy atom. The van der Waals surface area contributed by atoms with Crippen LogP contribution in [0.2, 0.25) is 0 Å². The van der Waals surface area contributed by atoms with E-state index in [1.54, 1.807) is 13.0 Å². The van der Waals surface area contributed by atoms with Crippen molar-refractivity contribution in [2.75, 3.05) is 31.2 Å². The maximum Gasteiger partial charge on any atom is 0.340 e. The molecule has 3 aliphatic heterocycles. The van der Waals surface area contributed by atoms with Crippen molar-refractivity contribution >= 4 is 17.4 Å². The molecular formula is C38H47FN4O5. The highest BCUT2D eigenvalue weighted by atomic mass is 19.1. The molecule has 4 aromatic rings. The minimum atomic E-state index is -1.00. The topological polar surface area (TPSA) is 87.4 Å². The van der Waals surface area contributed by atoms with E-state index in [0.29, 0.717) is 48.0 Å². The Labute approximate surface area is 282 Å². The van der Waals surface area contributed by atoms with Crippen LogP contribution in [0.5, 0.6) is 5.75 Å². The highest BCUT2D eigenvalue weighted by Crippen LogP contribution is 2.40. The molecule has 0 aliphatic carbocycles. The van der Waals surface area contributed by atoms with Crippen LogP contribution < -0.4 is 9.64 Å². The van der Waals surface area contributed by atoms with Crippen LogP contribution in [0.3, 0.4) is 0 Å². The summed E-state index contributed by atoms with van der Waals surface area (Å²) < 4.78 is 41.2. The zero-order chi connectivity index (χ0) is 34.2. The molecule has 2 aromatic carbocycles. The third-order valence-corrected chi connectivity index (χ3v) is 9.11. The van der Waals surface area contributed by atoms with Crippen LogP contribution in [-0.2, 0) is 19.0 Å². The lowest BCUT2D eigenvalue weighted by molar-refractivity contribution is -0.166. The van der Waals surface area contributed by atoms with Gasteiger partial charge in [-0.15, -0.1) is 0 Å². The number of halogens is 1. The van der Waals surface area contributed by atoms with Gasteiger partial charge in [-0.05, 0) is 97.9 Å². The second kappa shape index (κ2) is 13.5. The van der Waals surface area contributed by atoms with Crippen LogP contribution >= 0.6 is 0 Å². The molecule has 2 aromatic heterocycles. The highest BCUT2D eigenvalue weighted by molar-refractivity contribution is 5.81. The van der Waals surface area contributed by atoms with Gasteiger partial charge in [-0.2, -0.15) is 9.61 Å². The van der Waals surface area contributed by atoms with Crippen LogP contribution in [0.25, 0.3) is 28.0 Å². The van der Waals surface area contributed by atoms with Gasteiger partial charge >= 0.3 is 5.97 Å². The van der Waals surface area contributed by atoms with E-state index in [9.17, 15) is 9.18 Å². The lowest BCUT2D eigenvalue weighted by Gasteiger charge is -2.41. The van der Waals surface area contributed by atoms with Crippen LogP contribution in [0, 0.1) is 12.7 Å². The summed E-state index contributed by atoms with van der Waals surface area (Å²) in [6.45, 7) is 15.9. The summed E-state index contributed by atoms with van der Waals surface area (Å²) in [7, 11) is 0. The van der Waals surface area contributed by atoms with Crippen molar-refractivity contribution < 1.29 is 28.1 Å². The number of aryl methyl sites for hydroxylation is 1. The third-order valence-electron chi connectivity index (χ3n) is 9.11. The van der Waals surface area contributed by atoms with E-state index in [1.807, 2.05) is 69.5 Å². The molecule has 0 saturated carbocycles. The number of hydrogen-bond donors (Lipinski definition) is 0. The average Bonchev–Trinajstić information content (AvgIpc) is 3.45. The van der Waals surface area contributed by atoms with E-state index in [0.717, 1.165) is 48.2 Å². The van der Waals surface area contributed by atoms with Gasteiger partial charge < -0.3 is 23.8 Å². The Bertz CT molecular complexity index is 1790. The number of esters is 1. The Morgan fingerprint density at radius 2 is 1.88 bits per heavy atom. The van der Waals surface area contributed by atoms with Gasteiger partial charge in [0.05, 0.1) is 35.2 Å². The Kier molecular flexibility index (Phi) is 9.51. The summed E-state index contributed by atoms with van der Waals surface area (Å²) in [4.78, 5) is 20.8. The summed E-state index contributed by atoms with van der Waals surface area (Å²) in [5.74, 6) is 0.463. The fraction of sp³-hybridized carbons (Fsp3) is 0.500. The van der Waals surface area contributed by atoms with Crippen molar-refractivity contribution in [1.82, 2.24) is 14.6 Å². The molecule has 2 unspecified atom stereocenters. The predicted octanol–water partition coefficient (Wildman–Crippen LogP) is 7.87. The van der Waals surface area contributed by atoms with Gasteiger partial charge in [0.2, 0.25) is 0 Å². The van der Waals surface area contributed by atoms with E-state index in [1.165, 1.54) is 12.1 Å². The summed E-state index contributed by atoms with van der Waals surface area (Å²) in [6.07, 6.45) is 2.03. The smallest absolute Gasteiger partial charge is 0.340 e. The molecule has 9 nitrogen and oxygen atoms in total.